The topological polar surface area (TPSA) is 260 Å². The lowest BCUT2D eigenvalue weighted by molar-refractivity contribution is -0.154. The van der Waals surface area contributed by atoms with Crippen LogP contribution in [0.15, 0.2) is 36.4 Å². The molecule has 0 bridgehead atoms. The van der Waals surface area contributed by atoms with Crippen molar-refractivity contribution in [1.82, 2.24) is 20.9 Å². The summed E-state index contributed by atoms with van der Waals surface area (Å²) in [7, 11) is -5.05. The van der Waals surface area contributed by atoms with Crippen molar-refractivity contribution >= 4 is 57.3 Å². The van der Waals surface area contributed by atoms with Gasteiger partial charge in [-0.15, -0.1) is 0 Å². The monoisotopic (exact) mass is 708 g/mol. The van der Waals surface area contributed by atoms with Crippen molar-refractivity contribution in [3.8, 4) is 0 Å². The summed E-state index contributed by atoms with van der Waals surface area (Å²) in [6, 6.07) is 3.03. The molecule has 1 aromatic carbocycles. The van der Waals surface area contributed by atoms with E-state index in [1.54, 1.807) is 58.9 Å². The van der Waals surface area contributed by atoms with Crippen LogP contribution in [0.1, 0.15) is 59.4 Å². The van der Waals surface area contributed by atoms with Gasteiger partial charge in [-0.2, -0.15) is 8.42 Å². The minimum Gasteiger partial charge on any atom is -0.460 e. The molecule has 0 unspecified atom stereocenters. The van der Waals surface area contributed by atoms with Gasteiger partial charge in [0.1, 0.15) is 18.7 Å². The van der Waals surface area contributed by atoms with Crippen molar-refractivity contribution < 1.29 is 51.3 Å². The Morgan fingerprint density at radius 1 is 0.918 bits per heavy atom. The minimum absolute atomic E-state index is 0.0109. The molecule has 18 heteroatoms. The Balaban J connectivity index is 2.16. The van der Waals surface area contributed by atoms with Crippen molar-refractivity contribution in [3.05, 3.63) is 42.0 Å². The summed E-state index contributed by atoms with van der Waals surface area (Å²) in [4.78, 5) is 87.4. The third kappa shape index (κ3) is 12.9. The fourth-order valence-corrected chi connectivity index (χ4v) is 5.16. The second-order valence-corrected chi connectivity index (χ2v) is 14.3. The molecule has 1 heterocycles. The first-order valence-electron chi connectivity index (χ1n) is 15.4. The van der Waals surface area contributed by atoms with Gasteiger partial charge in [0.25, 0.3) is 21.9 Å². The third-order valence-corrected chi connectivity index (χ3v) is 8.39. The predicted molar refractivity (Wildman–Crippen MR) is 176 cm³/mol. The molecule has 0 aliphatic carbocycles. The zero-order chi connectivity index (χ0) is 37.1. The summed E-state index contributed by atoms with van der Waals surface area (Å²) in [5.74, 6) is -5.23. The first kappa shape index (κ1) is 40.3. The lowest BCUT2D eigenvalue weighted by atomic mass is 9.97. The molecule has 2 rings (SSSR count). The molecule has 7 amide bonds. The first-order valence-corrected chi connectivity index (χ1v) is 16.9. The van der Waals surface area contributed by atoms with Gasteiger partial charge in [-0.25, -0.2) is 4.79 Å². The van der Waals surface area contributed by atoms with E-state index in [0.29, 0.717) is 16.2 Å². The lowest BCUT2D eigenvalue weighted by Crippen LogP contribution is -2.56. The number of nitrogens with two attached hydrogens (primary N) is 1. The van der Waals surface area contributed by atoms with Gasteiger partial charge in [0, 0.05) is 30.9 Å². The SMILES string of the molecule is CC(C)[C@H](NC(=O)[C@@H](CCN1C(=O)C=CC1=O)S(=O)(=O)O)C(=O)N[C@@H](CCCNC(N)=O)C(=O)Nc1ccc(COC(=O)C(C)(C)C)cc1. The van der Waals surface area contributed by atoms with E-state index in [-0.39, 0.29) is 32.0 Å². The maximum atomic E-state index is 13.4. The minimum atomic E-state index is -5.05. The summed E-state index contributed by atoms with van der Waals surface area (Å²) in [5.41, 5.74) is 5.43. The van der Waals surface area contributed by atoms with Gasteiger partial charge in [0.15, 0.2) is 5.25 Å². The average Bonchev–Trinajstić information content (AvgIpc) is 3.31. The summed E-state index contributed by atoms with van der Waals surface area (Å²) < 4.78 is 39.3. The van der Waals surface area contributed by atoms with Crippen molar-refractivity contribution in [2.75, 3.05) is 18.4 Å². The van der Waals surface area contributed by atoms with Crippen LogP contribution in [-0.4, -0.2) is 89.8 Å². The molecular weight excluding hydrogens is 664 g/mol. The zero-order valence-corrected chi connectivity index (χ0v) is 28.8. The number of imide groups is 1. The van der Waals surface area contributed by atoms with Crippen molar-refractivity contribution in [3.63, 3.8) is 0 Å². The molecule has 270 valence electrons. The fraction of sp³-hybridized carbons (Fsp3) is 0.516. The van der Waals surface area contributed by atoms with Crippen LogP contribution in [-0.2, 0) is 50.2 Å². The molecule has 1 aliphatic heterocycles. The Morgan fingerprint density at radius 2 is 1.51 bits per heavy atom. The normalized spacial score (nSPS) is 15.0. The van der Waals surface area contributed by atoms with E-state index in [9.17, 15) is 46.5 Å². The Labute approximate surface area is 284 Å². The number of hydrogen-bond donors (Lipinski definition) is 6. The molecule has 7 N–H and O–H groups in total. The number of nitrogens with one attached hydrogen (secondary N) is 4. The molecule has 0 spiro atoms. The molecule has 1 aromatic rings. The van der Waals surface area contributed by atoms with Crippen molar-refractivity contribution in [2.45, 2.75) is 77.8 Å². The molecule has 1 aliphatic rings. The number of primary amides is 1. The molecular formula is C31H44N6O11S. The van der Waals surface area contributed by atoms with Crippen molar-refractivity contribution in [2.24, 2.45) is 17.1 Å². The standard InChI is InChI=1S/C31H44N6O11S/c1-18(2)25(36-27(41)22(49(45,46)47)14-16-37-23(38)12-13-24(37)39)28(42)35-21(7-6-15-33-30(32)44)26(40)34-20-10-8-19(9-11-20)17-48-29(43)31(3,4)5/h8-13,18,21-22,25H,6-7,14-17H2,1-5H3,(H,34,40)(H,35,42)(H,36,41)(H3,32,33,44)(H,45,46,47)/t21-,22+,25-/m0/s1. The van der Waals surface area contributed by atoms with Gasteiger partial charge in [0.05, 0.1) is 5.41 Å². The Bertz CT molecular complexity index is 1530. The van der Waals surface area contributed by atoms with Crippen LogP contribution >= 0.6 is 0 Å². The molecule has 49 heavy (non-hydrogen) atoms. The van der Waals surface area contributed by atoms with E-state index < -0.39 is 87.3 Å². The number of amides is 7. The largest absolute Gasteiger partial charge is 0.460 e. The van der Waals surface area contributed by atoms with Crippen LogP contribution in [0, 0.1) is 11.3 Å². The number of anilines is 1. The fourth-order valence-electron chi connectivity index (χ4n) is 4.42. The first-order chi connectivity index (χ1) is 22.7. The van der Waals surface area contributed by atoms with E-state index in [2.05, 4.69) is 21.3 Å². The number of benzene rings is 1. The molecule has 3 atom stereocenters. The van der Waals surface area contributed by atoms with Crippen LogP contribution in [0.2, 0.25) is 0 Å². The maximum absolute atomic E-state index is 13.4. The van der Waals surface area contributed by atoms with Gasteiger partial charge >= 0.3 is 12.0 Å². The second kappa shape index (κ2) is 17.5. The molecule has 0 aromatic heterocycles. The average molecular weight is 709 g/mol. The highest BCUT2D eigenvalue weighted by Crippen LogP contribution is 2.18. The molecule has 0 saturated heterocycles. The van der Waals surface area contributed by atoms with E-state index in [1.165, 1.54) is 0 Å². The Morgan fingerprint density at radius 3 is 2.02 bits per heavy atom. The number of carbonyl (C=O) groups excluding carboxylic acids is 7. The number of hydrogen-bond acceptors (Lipinski definition) is 10. The summed E-state index contributed by atoms with van der Waals surface area (Å²) in [6.45, 7) is 7.87. The van der Waals surface area contributed by atoms with Gasteiger partial charge < -0.3 is 31.7 Å². The molecule has 0 radical (unpaired) electrons. The van der Waals surface area contributed by atoms with Gasteiger partial charge in [0.2, 0.25) is 17.7 Å². The number of urea groups is 1. The van der Waals surface area contributed by atoms with Crippen molar-refractivity contribution in [1.29, 1.82) is 0 Å². The maximum Gasteiger partial charge on any atom is 0.312 e. The zero-order valence-electron chi connectivity index (χ0n) is 28.0. The highest BCUT2D eigenvalue weighted by molar-refractivity contribution is 7.87. The summed E-state index contributed by atoms with van der Waals surface area (Å²) in [5, 5.41) is 7.78. The van der Waals surface area contributed by atoms with Crippen LogP contribution in [0.3, 0.4) is 0 Å². The Hall–Kier alpha value is -4.84. The van der Waals surface area contributed by atoms with Gasteiger partial charge in [-0.3, -0.25) is 38.2 Å². The number of carbonyl (C=O) groups is 7. The molecule has 17 nitrogen and oxygen atoms in total. The molecule has 0 fully saturated rings. The number of nitrogens with zero attached hydrogens (tertiary/aromatic N) is 1. The Kier molecular flexibility index (Phi) is 14.4. The van der Waals surface area contributed by atoms with Gasteiger partial charge in [-0.1, -0.05) is 26.0 Å². The van der Waals surface area contributed by atoms with Crippen LogP contribution in [0.4, 0.5) is 10.5 Å². The smallest absolute Gasteiger partial charge is 0.312 e. The van der Waals surface area contributed by atoms with Crippen LogP contribution in [0.5, 0.6) is 0 Å². The van der Waals surface area contributed by atoms with E-state index in [1.807, 2.05) is 0 Å². The second-order valence-electron chi connectivity index (χ2n) is 12.7. The third-order valence-electron chi connectivity index (χ3n) is 7.22. The number of rotatable bonds is 17. The number of ether oxygens (including phenoxy) is 1. The van der Waals surface area contributed by atoms with E-state index in [4.69, 9.17) is 10.5 Å². The summed E-state index contributed by atoms with van der Waals surface area (Å²) >= 11 is 0. The lowest BCUT2D eigenvalue weighted by Gasteiger charge is -2.27. The van der Waals surface area contributed by atoms with E-state index >= 15 is 0 Å². The predicted octanol–water partition coefficient (Wildman–Crippen LogP) is 0.360. The summed E-state index contributed by atoms with van der Waals surface area (Å²) in [6.07, 6.45) is 1.51. The quantitative estimate of drug-likeness (QED) is 0.0557. The highest BCUT2D eigenvalue weighted by Gasteiger charge is 2.37. The highest BCUT2D eigenvalue weighted by atomic mass is 32.2. The number of esters is 1. The van der Waals surface area contributed by atoms with Crippen LogP contribution in [0.25, 0.3) is 0 Å². The van der Waals surface area contributed by atoms with Gasteiger partial charge in [-0.05, 0) is 63.6 Å². The van der Waals surface area contributed by atoms with Crippen LogP contribution < -0.4 is 27.0 Å². The van der Waals surface area contributed by atoms with E-state index in [0.717, 1.165) is 12.2 Å². The molecule has 0 saturated carbocycles.